The molecule has 1 rings (SSSR count). The summed E-state index contributed by atoms with van der Waals surface area (Å²) in [5, 5.41) is 8.51. The van der Waals surface area contributed by atoms with Crippen molar-refractivity contribution in [3.8, 4) is 0 Å². The Labute approximate surface area is 95.0 Å². The van der Waals surface area contributed by atoms with Crippen LogP contribution in [0.2, 0.25) is 0 Å². The Morgan fingerprint density at radius 1 is 1.13 bits per heavy atom. The van der Waals surface area contributed by atoms with E-state index >= 15 is 0 Å². The van der Waals surface area contributed by atoms with Crippen LogP contribution in [0.3, 0.4) is 0 Å². The quantitative estimate of drug-likeness (QED) is 0.523. The molecule has 0 aliphatic carbocycles. The summed E-state index contributed by atoms with van der Waals surface area (Å²) in [6.45, 7) is 7.95. The molecule has 1 aliphatic rings. The lowest BCUT2D eigenvalue weighted by Crippen LogP contribution is -1.88. The van der Waals surface area contributed by atoms with E-state index in [-0.39, 0.29) is 0 Å². The van der Waals surface area contributed by atoms with Gasteiger partial charge in [0.25, 0.3) is 0 Å². The van der Waals surface area contributed by atoms with Crippen molar-refractivity contribution in [2.24, 2.45) is 5.92 Å². The highest BCUT2D eigenvalue weighted by molar-refractivity contribution is 4.58. The average Bonchev–Trinajstić information content (AvgIpc) is 2.95. The minimum Gasteiger partial charge on any atom is -0.396 e. The van der Waals surface area contributed by atoms with Crippen LogP contribution >= 0.6 is 0 Å². The van der Waals surface area contributed by atoms with E-state index in [0.717, 1.165) is 18.9 Å². The molecule has 0 radical (unpaired) electrons. The number of aliphatic hydroxyl groups excluding tert-OH is 1. The number of ether oxygens (including phenoxy) is 1. The fraction of sp³-hybridized carbons (Fsp3) is 1.00. The van der Waals surface area contributed by atoms with E-state index in [4.69, 9.17) is 9.84 Å². The summed E-state index contributed by atoms with van der Waals surface area (Å²) in [6.07, 6.45) is 8.14. The van der Waals surface area contributed by atoms with Crippen molar-refractivity contribution in [3.63, 3.8) is 0 Å². The zero-order valence-electron chi connectivity index (χ0n) is 10.7. The van der Waals surface area contributed by atoms with Crippen LogP contribution in [0, 0.1) is 5.92 Å². The molecule has 0 spiro atoms. The van der Waals surface area contributed by atoms with Gasteiger partial charge < -0.3 is 9.84 Å². The van der Waals surface area contributed by atoms with E-state index in [1.54, 1.807) is 0 Å². The van der Waals surface area contributed by atoms with Crippen molar-refractivity contribution in [3.05, 3.63) is 0 Å². The molecule has 2 nitrogen and oxygen atoms in total. The first-order valence-corrected chi connectivity index (χ1v) is 6.39. The molecule has 1 saturated heterocycles. The van der Waals surface area contributed by atoms with E-state index < -0.39 is 0 Å². The second kappa shape index (κ2) is 10.4. The molecule has 0 bridgehead atoms. The Morgan fingerprint density at radius 3 is 2.00 bits per heavy atom. The average molecular weight is 216 g/mol. The molecule has 0 saturated carbocycles. The number of unbranched alkanes of at least 4 members (excludes halogenated alkanes) is 4. The maximum Gasteiger partial charge on any atom is 0.0781 e. The first-order chi connectivity index (χ1) is 7.16. The summed E-state index contributed by atoms with van der Waals surface area (Å²) in [7, 11) is 0. The second-order valence-electron chi connectivity index (χ2n) is 4.82. The molecule has 1 atom stereocenters. The zero-order valence-corrected chi connectivity index (χ0v) is 10.7. The molecule has 0 aromatic heterocycles. The number of aliphatic hydroxyl groups is 1. The summed E-state index contributed by atoms with van der Waals surface area (Å²) in [4.78, 5) is 0. The van der Waals surface area contributed by atoms with E-state index in [1.165, 1.54) is 32.1 Å². The van der Waals surface area contributed by atoms with Gasteiger partial charge in [-0.05, 0) is 19.3 Å². The third-order valence-electron chi connectivity index (χ3n) is 2.44. The highest BCUT2D eigenvalue weighted by Gasteiger charge is 2.13. The summed E-state index contributed by atoms with van der Waals surface area (Å²) in [5.74, 6) is 0.854. The van der Waals surface area contributed by atoms with Crippen molar-refractivity contribution < 1.29 is 9.84 Å². The van der Waals surface area contributed by atoms with Crippen molar-refractivity contribution in [1.29, 1.82) is 0 Å². The van der Waals surface area contributed by atoms with Crippen molar-refractivity contribution in [1.82, 2.24) is 0 Å². The molecule has 92 valence electrons. The first-order valence-electron chi connectivity index (χ1n) is 6.39. The van der Waals surface area contributed by atoms with E-state index in [2.05, 4.69) is 20.8 Å². The van der Waals surface area contributed by atoms with Crippen LogP contribution < -0.4 is 0 Å². The topological polar surface area (TPSA) is 32.8 Å². The standard InChI is InChI=1S/C10H22O.C3H6O/c1-10(2)8-6-4-3-5-7-9-11;1-3-2-4-3/h10-11H,3-9H2,1-2H3;3H,2H2,1H3. The second-order valence-corrected chi connectivity index (χ2v) is 4.82. The van der Waals surface area contributed by atoms with Crippen LogP contribution in [0.15, 0.2) is 0 Å². The van der Waals surface area contributed by atoms with Crippen LogP contribution in [0.25, 0.3) is 0 Å². The van der Waals surface area contributed by atoms with Gasteiger partial charge in [0.2, 0.25) is 0 Å². The summed E-state index contributed by atoms with van der Waals surface area (Å²) in [6, 6.07) is 0. The molecule has 1 N–H and O–H groups in total. The third kappa shape index (κ3) is 16.6. The normalized spacial score (nSPS) is 18.6. The van der Waals surface area contributed by atoms with Gasteiger partial charge in [-0.3, -0.25) is 0 Å². The summed E-state index contributed by atoms with van der Waals surface area (Å²) in [5.41, 5.74) is 0. The first kappa shape index (κ1) is 14.9. The van der Waals surface area contributed by atoms with Crippen molar-refractivity contribution in [2.45, 2.75) is 65.4 Å². The summed E-state index contributed by atoms with van der Waals surface area (Å²) < 4.78 is 4.71. The Bertz CT molecular complexity index is 120. The number of rotatable bonds is 7. The molecular formula is C13H28O2. The van der Waals surface area contributed by atoms with E-state index in [1.807, 2.05) is 0 Å². The lowest BCUT2D eigenvalue weighted by Gasteiger charge is -2.03. The van der Waals surface area contributed by atoms with E-state index in [9.17, 15) is 0 Å². The maximum atomic E-state index is 8.51. The molecule has 2 heteroatoms. The lowest BCUT2D eigenvalue weighted by molar-refractivity contribution is 0.282. The predicted molar refractivity (Wildman–Crippen MR) is 65.0 cm³/mol. The highest BCUT2D eigenvalue weighted by Crippen LogP contribution is 2.09. The Balaban J connectivity index is 0.000000401. The van der Waals surface area contributed by atoms with Gasteiger partial charge in [0.1, 0.15) is 0 Å². The fourth-order valence-electron chi connectivity index (χ4n) is 1.29. The highest BCUT2D eigenvalue weighted by atomic mass is 16.6. The van der Waals surface area contributed by atoms with Gasteiger partial charge in [-0.1, -0.05) is 46.0 Å². The maximum absolute atomic E-state index is 8.51. The van der Waals surface area contributed by atoms with Crippen LogP contribution in [0.4, 0.5) is 0 Å². The van der Waals surface area contributed by atoms with Crippen LogP contribution in [-0.2, 0) is 4.74 Å². The van der Waals surface area contributed by atoms with Gasteiger partial charge in [0.15, 0.2) is 0 Å². The van der Waals surface area contributed by atoms with Crippen LogP contribution in [0.5, 0.6) is 0 Å². The van der Waals surface area contributed by atoms with Crippen LogP contribution in [0.1, 0.15) is 59.3 Å². The Hall–Kier alpha value is -0.0800. The SMILES string of the molecule is CC(C)CCCCCCCO.CC1CO1. The van der Waals surface area contributed by atoms with Gasteiger partial charge in [0.05, 0.1) is 12.7 Å². The Morgan fingerprint density at radius 2 is 1.60 bits per heavy atom. The third-order valence-corrected chi connectivity index (χ3v) is 2.44. The van der Waals surface area contributed by atoms with Gasteiger partial charge in [0, 0.05) is 6.61 Å². The number of epoxide rings is 1. The van der Waals surface area contributed by atoms with Gasteiger partial charge in [-0.15, -0.1) is 0 Å². The minimum absolute atomic E-state index is 0.365. The van der Waals surface area contributed by atoms with Crippen molar-refractivity contribution in [2.75, 3.05) is 13.2 Å². The van der Waals surface area contributed by atoms with Gasteiger partial charge in [-0.25, -0.2) is 0 Å². The smallest absolute Gasteiger partial charge is 0.0781 e. The summed E-state index contributed by atoms with van der Waals surface area (Å²) >= 11 is 0. The lowest BCUT2D eigenvalue weighted by atomic mass is 10.0. The molecule has 0 amide bonds. The van der Waals surface area contributed by atoms with E-state index in [0.29, 0.717) is 12.7 Å². The Kier molecular flexibility index (Phi) is 10.4. The largest absolute Gasteiger partial charge is 0.396 e. The van der Waals surface area contributed by atoms with Gasteiger partial charge >= 0.3 is 0 Å². The molecule has 1 fully saturated rings. The molecule has 0 aromatic rings. The molecule has 1 aliphatic heterocycles. The molecule has 0 aromatic carbocycles. The predicted octanol–water partition coefficient (Wildman–Crippen LogP) is 3.38. The molecule has 1 unspecified atom stereocenters. The molecule has 15 heavy (non-hydrogen) atoms. The van der Waals surface area contributed by atoms with Crippen LogP contribution in [-0.4, -0.2) is 24.4 Å². The zero-order chi connectivity index (χ0) is 11.5. The number of hydrogen-bond donors (Lipinski definition) is 1. The van der Waals surface area contributed by atoms with Gasteiger partial charge in [-0.2, -0.15) is 0 Å². The monoisotopic (exact) mass is 216 g/mol. The molecule has 1 heterocycles. The minimum atomic E-state index is 0.365. The molecular weight excluding hydrogens is 188 g/mol. The number of hydrogen-bond acceptors (Lipinski definition) is 2. The van der Waals surface area contributed by atoms with Crippen molar-refractivity contribution >= 4 is 0 Å². The fourth-order valence-corrected chi connectivity index (χ4v) is 1.29.